The maximum Gasteiger partial charge on any atom is 0.185 e. The molecule has 0 amide bonds. The lowest BCUT2D eigenvalue weighted by Gasteiger charge is -2.38. The number of aliphatic imine (C=N–C) groups is 1. The second-order valence-electron chi connectivity index (χ2n) is 5.66. The lowest BCUT2D eigenvalue weighted by Crippen LogP contribution is -2.46. The zero-order valence-electron chi connectivity index (χ0n) is 11.9. The predicted octanol–water partition coefficient (Wildman–Crippen LogP) is 2.52. The van der Waals surface area contributed by atoms with Gasteiger partial charge < -0.3 is 14.0 Å². The summed E-state index contributed by atoms with van der Waals surface area (Å²) in [5, 5.41) is 0. The minimum atomic E-state index is -0.452. The fraction of sp³-hybridized carbons (Fsp3) is 0.667. The molecule has 1 aromatic heterocycles. The van der Waals surface area contributed by atoms with E-state index in [2.05, 4.69) is 36.9 Å². The number of methoxy groups -OCH3 is 1. The molecule has 2 aliphatic heterocycles. The molecule has 0 N–H and O–H groups in total. The normalized spacial score (nSPS) is 34.8. The summed E-state index contributed by atoms with van der Waals surface area (Å²) in [4.78, 5) is 4.93. The van der Waals surface area contributed by atoms with Crippen LogP contribution in [0, 0.1) is 0 Å². The molecule has 3 atom stereocenters. The van der Waals surface area contributed by atoms with Crippen LogP contribution in [-0.2, 0) is 16.5 Å². The number of hydrogen-bond donors (Lipinski definition) is 0. The first kappa shape index (κ1) is 12.9. The van der Waals surface area contributed by atoms with E-state index in [9.17, 15) is 0 Å². The van der Waals surface area contributed by atoms with Gasteiger partial charge in [-0.15, -0.1) is 0 Å². The first-order valence-corrected chi connectivity index (χ1v) is 7.05. The van der Waals surface area contributed by atoms with Crippen LogP contribution in [-0.4, -0.2) is 35.3 Å². The van der Waals surface area contributed by atoms with Crippen LogP contribution in [0.2, 0.25) is 0 Å². The van der Waals surface area contributed by atoms with Gasteiger partial charge in [0.05, 0.1) is 17.5 Å². The second kappa shape index (κ2) is 4.76. The van der Waals surface area contributed by atoms with Crippen molar-refractivity contribution in [1.82, 2.24) is 4.57 Å². The van der Waals surface area contributed by atoms with Gasteiger partial charge in [0, 0.05) is 26.8 Å². The summed E-state index contributed by atoms with van der Waals surface area (Å²) in [5.74, 6) is 0. The average Bonchev–Trinajstić information content (AvgIpc) is 2.93. The molecule has 0 saturated carbocycles. The Bertz CT molecular complexity index is 494. The van der Waals surface area contributed by atoms with Crippen molar-refractivity contribution in [2.45, 2.75) is 50.5 Å². The van der Waals surface area contributed by atoms with E-state index >= 15 is 0 Å². The van der Waals surface area contributed by atoms with Crippen LogP contribution in [0.15, 0.2) is 23.3 Å². The van der Waals surface area contributed by atoms with Gasteiger partial charge in [0.15, 0.2) is 5.72 Å². The van der Waals surface area contributed by atoms with Crippen molar-refractivity contribution < 1.29 is 9.47 Å². The van der Waals surface area contributed by atoms with Crippen LogP contribution >= 0.6 is 0 Å². The number of rotatable bonds is 2. The SMILES string of the molecule is CO[C@@H]1CC(c2cccn2C)=N[C@@]12CCC[C@@H](C)O2. The third-order valence-electron chi connectivity index (χ3n) is 4.28. The van der Waals surface area contributed by atoms with Gasteiger partial charge in [0.2, 0.25) is 0 Å². The van der Waals surface area contributed by atoms with E-state index in [1.165, 1.54) is 5.69 Å². The Kier molecular flexibility index (Phi) is 3.23. The quantitative estimate of drug-likeness (QED) is 0.821. The molecule has 0 unspecified atom stereocenters. The first-order valence-electron chi connectivity index (χ1n) is 7.05. The highest BCUT2D eigenvalue weighted by molar-refractivity contribution is 6.01. The summed E-state index contributed by atoms with van der Waals surface area (Å²) in [6.45, 7) is 2.13. The first-order chi connectivity index (χ1) is 9.14. The molecule has 1 saturated heterocycles. The number of nitrogens with zero attached hydrogens (tertiary/aromatic N) is 2. The largest absolute Gasteiger partial charge is 0.376 e. The van der Waals surface area contributed by atoms with E-state index in [-0.39, 0.29) is 12.2 Å². The molecular formula is C15H22N2O2. The molecule has 19 heavy (non-hydrogen) atoms. The molecule has 4 nitrogen and oxygen atoms in total. The summed E-state index contributed by atoms with van der Waals surface area (Å²) in [6, 6.07) is 4.16. The third kappa shape index (κ3) is 2.13. The van der Waals surface area contributed by atoms with Crippen molar-refractivity contribution in [3.8, 4) is 0 Å². The highest BCUT2D eigenvalue weighted by atomic mass is 16.6. The van der Waals surface area contributed by atoms with E-state index in [4.69, 9.17) is 14.5 Å². The molecule has 104 valence electrons. The van der Waals surface area contributed by atoms with Gasteiger partial charge in [0.1, 0.15) is 6.10 Å². The average molecular weight is 262 g/mol. The molecule has 3 heterocycles. The summed E-state index contributed by atoms with van der Waals surface area (Å²) in [6.07, 6.45) is 6.43. The molecule has 2 aliphatic rings. The van der Waals surface area contributed by atoms with Crippen molar-refractivity contribution in [3.05, 3.63) is 24.0 Å². The van der Waals surface area contributed by atoms with Crippen molar-refractivity contribution >= 4 is 5.71 Å². The number of hydrogen-bond acceptors (Lipinski definition) is 3. The smallest absolute Gasteiger partial charge is 0.185 e. The van der Waals surface area contributed by atoms with E-state index in [0.29, 0.717) is 0 Å². The molecular weight excluding hydrogens is 240 g/mol. The maximum atomic E-state index is 6.18. The standard InChI is InChI=1S/C15H22N2O2/c1-11-6-4-8-15(19-11)14(18-3)10-12(16-15)13-7-5-9-17(13)2/h5,7,9,11,14H,4,6,8,10H2,1-3H3/t11-,14-,15-/m1/s1. The monoisotopic (exact) mass is 262 g/mol. The zero-order valence-corrected chi connectivity index (χ0v) is 11.9. The molecule has 1 fully saturated rings. The summed E-state index contributed by atoms with van der Waals surface area (Å²) < 4.78 is 14.0. The van der Waals surface area contributed by atoms with Gasteiger partial charge in [-0.3, -0.25) is 4.99 Å². The van der Waals surface area contributed by atoms with E-state index in [0.717, 1.165) is 31.4 Å². The van der Waals surface area contributed by atoms with Gasteiger partial charge in [-0.1, -0.05) is 0 Å². The summed E-state index contributed by atoms with van der Waals surface area (Å²) in [5.41, 5.74) is 1.82. The molecule has 0 aromatic carbocycles. The van der Waals surface area contributed by atoms with Crippen LogP contribution < -0.4 is 0 Å². The number of aromatic nitrogens is 1. The van der Waals surface area contributed by atoms with Crippen LogP contribution in [0.1, 0.15) is 38.3 Å². The second-order valence-corrected chi connectivity index (χ2v) is 5.66. The summed E-state index contributed by atoms with van der Waals surface area (Å²) in [7, 11) is 3.81. The molecule has 0 bridgehead atoms. The van der Waals surface area contributed by atoms with Crippen molar-refractivity contribution in [2.75, 3.05) is 7.11 Å². The lowest BCUT2D eigenvalue weighted by molar-refractivity contribution is -0.172. The Labute approximate surface area is 114 Å². The van der Waals surface area contributed by atoms with Crippen molar-refractivity contribution in [1.29, 1.82) is 0 Å². The Hall–Kier alpha value is -1.13. The third-order valence-corrected chi connectivity index (χ3v) is 4.28. The van der Waals surface area contributed by atoms with E-state index < -0.39 is 5.72 Å². The molecule has 4 heteroatoms. The van der Waals surface area contributed by atoms with Gasteiger partial charge in [-0.05, 0) is 38.3 Å². The fourth-order valence-electron chi connectivity index (χ4n) is 3.30. The molecule has 0 radical (unpaired) electrons. The Morgan fingerprint density at radius 3 is 3.00 bits per heavy atom. The minimum absolute atomic E-state index is 0.0418. The van der Waals surface area contributed by atoms with Crippen LogP contribution in [0.25, 0.3) is 0 Å². The van der Waals surface area contributed by atoms with Crippen molar-refractivity contribution in [3.63, 3.8) is 0 Å². The number of aryl methyl sites for hydroxylation is 1. The summed E-state index contributed by atoms with van der Waals surface area (Å²) >= 11 is 0. The van der Waals surface area contributed by atoms with Gasteiger partial charge in [-0.2, -0.15) is 0 Å². The van der Waals surface area contributed by atoms with E-state index in [1.807, 2.05) is 0 Å². The van der Waals surface area contributed by atoms with E-state index in [1.54, 1.807) is 7.11 Å². The molecule has 1 spiro atoms. The van der Waals surface area contributed by atoms with Gasteiger partial charge in [-0.25, -0.2) is 0 Å². The molecule has 1 aromatic rings. The molecule has 0 aliphatic carbocycles. The minimum Gasteiger partial charge on any atom is -0.376 e. The molecule has 3 rings (SSSR count). The Morgan fingerprint density at radius 2 is 2.37 bits per heavy atom. The topological polar surface area (TPSA) is 35.8 Å². The van der Waals surface area contributed by atoms with Crippen LogP contribution in [0.3, 0.4) is 0 Å². The van der Waals surface area contributed by atoms with Crippen molar-refractivity contribution in [2.24, 2.45) is 12.0 Å². The van der Waals surface area contributed by atoms with Crippen LogP contribution in [0.5, 0.6) is 0 Å². The lowest BCUT2D eigenvalue weighted by atomic mass is 9.95. The van der Waals surface area contributed by atoms with Gasteiger partial charge in [0.25, 0.3) is 0 Å². The number of ether oxygens (including phenoxy) is 2. The Balaban J connectivity index is 1.94. The highest BCUT2D eigenvalue weighted by Gasteiger charge is 2.48. The van der Waals surface area contributed by atoms with Crippen LogP contribution in [0.4, 0.5) is 0 Å². The van der Waals surface area contributed by atoms with Gasteiger partial charge >= 0.3 is 0 Å². The predicted molar refractivity (Wildman–Crippen MR) is 74.5 cm³/mol. The maximum absolute atomic E-state index is 6.18. The zero-order chi connectivity index (χ0) is 13.5. The fourth-order valence-corrected chi connectivity index (χ4v) is 3.30. The highest BCUT2D eigenvalue weighted by Crippen LogP contribution is 2.40. The Morgan fingerprint density at radius 1 is 1.53 bits per heavy atom.